The summed E-state index contributed by atoms with van der Waals surface area (Å²) in [6, 6.07) is 7.49. The monoisotopic (exact) mass is 303 g/mol. The Kier molecular flexibility index (Phi) is 4.40. The van der Waals surface area contributed by atoms with Crippen LogP contribution in [0.1, 0.15) is 18.7 Å². The minimum absolute atomic E-state index is 0.256. The van der Waals surface area contributed by atoms with Crippen molar-refractivity contribution in [1.82, 2.24) is 15.1 Å². The van der Waals surface area contributed by atoms with Crippen molar-refractivity contribution < 1.29 is 14.3 Å². The molecule has 0 saturated heterocycles. The molecule has 1 aromatic carbocycles. The third-order valence-corrected chi connectivity index (χ3v) is 3.87. The van der Waals surface area contributed by atoms with E-state index in [1.165, 1.54) is 0 Å². The molecule has 1 fully saturated rings. The lowest BCUT2D eigenvalue weighted by Crippen LogP contribution is -2.30. The van der Waals surface area contributed by atoms with Gasteiger partial charge >= 0.3 is 0 Å². The first kappa shape index (κ1) is 15.0. The average Bonchev–Trinajstić information content (AvgIpc) is 3.28. The van der Waals surface area contributed by atoms with E-state index < -0.39 is 0 Å². The van der Waals surface area contributed by atoms with Crippen molar-refractivity contribution in [2.75, 3.05) is 20.7 Å². The Labute approximate surface area is 129 Å². The van der Waals surface area contributed by atoms with Gasteiger partial charge in [-0.05, 0) is 50.1 Å². The van der Waals surface area contributed by atoms with Crippen molar-refractivity contribution in [2.24, 2.45) is 5.92 Å². The maximum absolute atomic E-state index is 9.95. The Bertz CT molecular complexity index is 607. The summed E-state index contributed by atoms with van der Waals surface area (Å²) in [5.41, 5.74) is 0.861. The van der Waals surface area contributed by atoms with Gasteiger partial charge in [-0.1, -0.05) is 0 Å². The second-order valence-electron chi connectivity index (χ2n) is 5.83. The number of aromatic nitrogens is 2. The van der Waals surface area contributed by atoms with Gasteiger partial charge in [-0.3, -0.25) is 4.90 Å². The number of aliphatic hydroxyl groups is 1. The Morgan fingerprint density at radius 1 is 1.32 bits per heavy atom. The maximum atomic E-state index is 9.95. The van der Waals surface area contributed by atoms with Crippen molar-refractivity contribution in [2.45, 2.75) is 25.5 Å². The van der Waals surface area contributed by atoms with E-state index in [1.54, 1.807) is 7.11 Å². The normalized spacial score (nSPS) is 16.0. The largest absolute Gasteiger partial charge is 0.497 e. The molecule has 3 rings (SSSR count). The summed E-state index contributed by atoms with van der Waals surface area (Å²) in [6.07, 6.45) is 2.02. The van der Waals surface area contributed by atoms with Crippen molar-refractivity contribution in [3.63, 3.8) is 0 Å². The van der Waals surface area contributed by atoms with E-state index in [0.717, 1.165) is 24.2 Å². The van der Waals surface area contributed by atoms with Crippen LogP contribution in [-0.4, -0.2) is 47.0 Å². The molecule has 1 aliphatic rings. The van der Waals surface area contributed by atoms with E-state index in [4.69, 9.17) is 9.15 Å². The summed E-state index contributed by atoms with van der Waals surface area (Å²) >= 11 is 0. The Balaban J connectivity index is 1.60. The van der Waals surface area contributed by atoms with E-state index in [0.29, 0.717) is 30.8 Å². The molecule has 0 aliphatic heterocycles. The molecule has 0 bridgehead atoms. The number of nitrogens with zero attached hydrogens (tertiary/aromatic N) is 3. The predicted molar refractivity (Wildman–Crippen MR) is 81.4 cm³/mol. The van der Waals surface area contributed by atoms with Crippen LogP contribution in [0, 0.1) is 5.92 Å². The Morgan fingerprint density at radius 3 is 2.68 bits per heavy atom. The first-order valence-corrected chi connectivity index (χ1v) is 7.49. The number of benzene rings is 1. The molecule has 1 unspecified atom stereocenters. The van der Waals surface area contributed by atoms with Gasteiger partial charge in [0.1, 0.15) is 5.75 Å². The van der Waals surface area contributed by atoms with Crippen LogP contribution in [-0.2, 0) is 6.54 Å². The fourth-order valence-corrected chi connectivity index (χ4v) is 2.41. The van der Waals surface area contributed by atoms with Gasteiger partial charge in [0.25, 0.3) is 0 Å². The predicted octanol–water partition coefficient (Wildman–Crippen LogP) is 1.95. The van der Waals surface area contributed by atoms with Crippen LogP contribution < -0.4 is 4.74 Å². The lowest BCUT2D eigenvalue weighted by atomic mass is 10.2. The fraction of sp³-hybridized carbons (Fsp3) is 0.500. The molecule has 6 heteroatoms. The lowest BCUT2D eigenvalue weighted by Gasteiger charge is -2.18. The summed E-state index contributed by atoms with van der Waals surface area (Å²) in [5, 5.41) is 18.1. The molecule has 1 aromatic heterocycles. The summed E-state index contributed by atoms with van der Waals surface area (Å²) in [7, 11) is 3.58. The van der Waals surface area contributed by atoms with E-state index >= 15 is 0 Å². The molecule has 118 valence electrons. The van der Waals surface area contributed by atoms with Gasteiger partial charge in [-0.2, -0.15) is 0 Å². The van der Waals surface area contributed by atoms with Crippen LogP contribution in [0.3, 0.4) is 0 Å². The third-order valence-electron chi connectivity index (χ3n) is 3.87. The number of methoxy groups -OCH3 is 1. The van der Waals surface area contributed by atoms with Crippen molar-refractivity contribution in [3.8, 4) is 17.2 Å². The average molecular weight is 303 g/mol. The van der Waals surface area contributed by atoms with Gasteiger partial charge in [0.05, 0.1) is 19.8 Å². The van der Waals surface area contributed by atoms with E-state index in [9.17, 15) is 5.11 Å². The smallest absolute Gasteiger partial charge is 0.247 e. The van der Waals surface area contributed by atoms with Crippen LogP contribution in [0.15, 0.2) is 28.7 Å². The fourth-order valence-electron chi connectivity index (χ4n) is 2.41. The second kappa shape index (κ2) is 6.46. The molecular formula is C16H21N3O3. The number of hydrogen-bond donors (Lipinski definition) is 1. The first-order chi connectivity index (χ1) is 10.7. The van der Waals surface area contributed by atoms with Crippen molar-refractivity contribution in [3.05, 3.63) is 30.2 Å². The topological polar surface area (TPSA) is 71.6 Å². The second-order valence-corrected chi connectivity index (χ2v) is 5.83. The highest BCUT2D eigenvalue weighted by molar-refractivity contribution is 5.53. The van der Waals surface area contributed by atoms with Crippen molar-refractivity contribution in [1.29, 1.82) is 0 Å². The molecule has 22 heavy (non-hydrogen) atoms. The molecule has 1 N–H and O–H groups in total. The quantitative estimate of drug-likeness (QED) is 0.843. The zero-order valence-electron chi connectivity index (χ0n) is 12.9. The van der Waals surface area contributed by atoms with Crippen LogP contribution in [0.4, 0.5) is 0 Å². The van der Waals surface area contributed by atoms with Gasteiger partial charge in [0.2, 0.25) is 11.8 Å². The van der Waals surface area contributed by atoms with E-state index in [1.807, 2.05) is 36.2 Å². The number of aliphatic hydroxyl groups excluding tert-OH is 1. The highest BCUT2D eigenvalue weighted by atomic mass is 16.5. The molecule has 1 atom stereocenters. The molecule has 0 amide bonds. The molecule has 1 saturated carbocycles. The Hall–Kier alpha value is -1.92. The van der Waals surface area contributed by atoms with Crippen LogP contribution in [0.25, 0.3) is 11.5 Å². The molecule has 1 aliphatic carbocycles. The van der Waals surface area contributed by atoms with Crippen LogP contribution >= 0.6 is 0 Å². The van der Waals surface area contributed by atoms with Crippen LogP contribution in [0.2, 0.25) is 0 Å². The first-order valence-electron chi connectivity index (χ1n) is 7.49. The molecule has 0 radical (unpaired) electrons. The molecular weight excluding hydrogens is 282 g/mol. The van der Waals surface area contributed by atoms with E-state index in [2.05, 4.69) is 10.2 Å². The highest BCUT2D eigenvalue weighted by Crippen LogP contribution is 2.32. The third kappa shape index (κ3) is 3.64. The SMILES string of the molecule is COc1ccc(-c2nnc(CN(C)CC(O)C3CC3)o2)cc1. The van der Waals surface area contributed by atoms with Crippen molar-refractivity contribution >= 4 is 0 Å². The maximum Gasteiger partial charge on any atom is 0.247 e. The molecule has 0 spiro atoms. The Morgan fingerprint density at radius 2 is 2.05 bits per heavy atom. The summed E-state index contributed by atoms with van der Waals surface area (Å²) in [4.78, 5) is 2.01. The van der Waals surface area contributed by atoms with Crippen LogP contribution in [0.5, 0.6) is 5.75 Å². The number of rotatable bonds is 7. The summed E-state index contributed by atoms with van der Waals surface area (Å²) in [5.74, 6) is 2.31. The van der Waals surface area contributed by atoms with Gasteiger partial charge in [-0.15, -0.1) is 10.2 Å². The minimum atomic E-state index is -0.256. The number of hydrogen-bond acceptors (Lipinski definition) is 6. The van der Waals surface area contributed by atoms with Gasteiger partial charge in [0.15, 0.2) is 0 Å². The van der Waals surface area contributed by atoms with Gasteiger partial charge in [-0.25, -0.2) is 0 Å². The summed E-state index contributed by atoms with van der Waals surface area (Å²) < 4.78 is 10.8. The molecule has 6 nitrogen and oxygen atoms in total. The molecule has 1 heterocycles. The lowest BCUT2D eigenvalue weighted by molar-refractivity contribution is 0.100. The van der Waals surface area contributed by atoms with Gasteiger partial charge < -0.3 is 14.3 Å². The standard InChI is InChI=1S/C16H21N3O3/c1-19(9-14(20)11-3-4-11)10-15-17-18-16(22-15)12-5-7-13(21-2)8-6-12/h5-8,11,14,20H,3-4,9-10H2,1-2H3. The zero-order chi connectivity index (χ0) is 15.5. The van der Waals surface area contributed by atoms with Gasteiger partial charge in [0, 0.05) is 12.1 Å². The summed E-state index contributed by atoms with van der Waals surface area (Å²) in [6.45, 7) is 1.16. The minimum Gasteiger partial charge on any atom is -0.497 e. The zero-order valence-corrected chi connectivity index (χ0v) is 12.9. The number of ether oxygens (including phenoxy) is 1. The highest BCUT2D eigenvalue weighted by Gasteiger charge is 2.30. The number of likely N-dealkylation sites (N-methyl/N-ethyl adjacent to an activating group) is 1. The molecule has 2 aromatic rings. The van der Waals surface area contributed by atoms with E-state index in [-0.39, 0.29) is 6.10 Å².